The first-order chi connectivity index (χ1) is 14.6. The molecule has 2 unspecified atom stereocenters. The van der Waals surface area contributed by atoms with Crippen molar-refractivity contribution in [2.75, 3.05) is 45.9 Å². The molecule has 174 valence electrons. The highest BCUT2D eigenvalue weighted by Crippen LogP contribution is 2.36. The molecule has 2 atom stereocenters. The van der Waals surface area contributed by atoms with Gasteiger partial charge in [-0.05, 0) is 5.56 Å². The standard InChI is InChI=1S/C19H23F6N3O3/c20-18(21,22)16(19(23,24)25)31-17(29)28-9-7-27(8-10-28)15(13-4-2-1-3-5-13)14-12-26-6-11-30-14/h1-5,14-16,26H,6-12H2. The van der Waals surface area contributed by atoms with Crippen molar-refractivity contribution in [1.29, 1.82) is 0 Å². The van der Waals surface area contributed by atoms with E-state index in [9.17, 15) is 31.1 Å². The minimum atomic E-state index is -5.74. The second kappa shape index (κ2) is 9.61. The molecule has 1 amide bonds. The number of nitrogens with one attached hydrogen (secondary N) is 1. The zero-order chi connectivity index (χ0) is 22.6. The smallest absolute Gasteiger partial charge is 0.426 e. The van der Waals surface area contributed by atoms with Crippen LogP contribution in [0.25, 0.3) is 0 Å². The Morgan fingerprint density at radius 3 is 2.16 bits per heavy atom. The first kappa shape index (κ1) is 23.6. The number of rotatable bonds is 4. The summed E-state index contributed by atoms with van der Waals surface area (Å²) in [7, 11) is 0. The monoisotopic (exact) mass is 455 g/mol. The van der Waals surface area contributed by atoms with E-state index in [1.807, 2.05) is 35.2 Å². The second-order valence-electron chi connectivity index (χ2n) is 7.34. The van der Waals surface area contributed by atoms with Crippen molar-refractivity contribution in [2.24, 2.45) is 0 Å². The maximum Gasteiger partial charge on any atom is 0.434 e. The van der Waals surface area contributed by atoms with Gasteiger partial charge in [0.05, 0.1) is 18.8 Å². The molecule has 3 rings (SSSR count). The number of alkyl halides is 6. The summed E-state index contributed by atoms with van der Waals surface area (Å²) >= 11 is 0. The van der Waals surface area contributed by atoms with E-state index in [4.69, 9.17) is 4.74 Å². The van der Waals surface area contributed by atoms with E-state index in [0.717, 1.165) is 17.0 Å². The first-order valence-corrected chi connectivity index (χ1v) is 9.77. The highest BCUT2D eigenvalue weighted by atomic mass is 19.4. The molecule has 1 aromatic rings. The zero-order valence-electron chi connectivity index (χ0n) is 16.5. The molecule has 0 radical (unpaired) electrons. The predicted molar refractivity (Wildman–Crippen MR) is 97.3 cm³/mol. The maximum absolute atomic E-state index is 12.7. The number of benzene rings is 1. The van der Waals surface area contributed by atoms with Crippen LogP contribution in [0.15, 0.2) is 30.3 Å². The molecule has 1 aromatic carbocycles. The number of halogens is 6. The Morgan fingerprint density at radius 1 is 1.03 bits per heavy atom. The fourth-order valence-electron chi connectivity index (χ4n) is 3.78. The lowest BCUT2D eigenvalue weighted by Crippen LogP contribution is -2.55. The molecule has 1 N–H and O–H groups in total. The van der Waals surface area contributed by atoms with Crippen LogP contribution in [0.3, 0.4) is 0 Å². The van der Waals surface area contributed by atoms with Gasteiger partial charge in [-0.3, -0.25) is 4.90 Å². The summed E-state index contributed by atoms with van der Waals surface area (Å²) in [5.41, 5.74) is 0.974. The van der Waals surface area contributed by atoms with Gasteiger partial charge in [-0.25, -0.2) is 4.79 Å². The molecule has 0 bridgehead atoms. The molecule has 2 saturated heterocycles. The number of carbonyl (C=O) groups excluding carboxylic acids is 1. The van der Waals surface area contributed by atoms with Crippen LogP contribution < -0.4 is 5.32 Å². The third kappa shape index (κ3) is 6.01. The number of piperazine rings is 1. The van der Waals surface area contributed by atoms with Crippen LogP contribution in [0.4, 0.5) is 31.1 Å². The lowest BCUT2D eigenvalue weighted by Gasteiger charge is -2.43. The van der Waals surface area contributed by atoms with E-state index in [0.29, 0.717) is 13.2 Å². The summed E-state index contributed by atoms with van der Waals surface area (Å²) in [6.07, 6.45) is -17.4. The third-order valence-corrected chi connectivity index (χ3v) is 5.23. The van der Waals surface area contributed by atoms with Crippen LogP contribution in [0.5, 0.6) is 0 Å². The lowest BCUT2D eigenvalue weighted by molar-refractivity contribution is -0.308. The Labute approximate surface area is 175 Å². The lowest BCUT2D eigenvalue weighted by atomic mass is 9.98. The summed E-state index contributed by atoms with van der Waals surface area (Å²) in [5.74, 6) is 0. The Morgan fingerprint density at radius 2 is 1.65 bits per heavy atom. The van der Waals surface area contributed by atoms with Crippen LogP contribution in [0.2, 0.25) is 0 Å². The van der Waals surface area contributed by atoms with Crippen molar-refractivity contribution >= 4 is 6.09 Å². The number of carbonyl (C=O) groups is 1. The number of ether oxygens (including phenoxy) is 2. The predicted octanol–water partition coefficient (Wildman–Crippen LogP) is 2.96. The maximum atomic E-state index is 12.7. The van der Waals surface area contributed by atoms with E-state index in [-0.39, 0.29) is 38.3 Å². The van der Waals surface area contributed by atoms with Gasteiger partial charge in [0, 0.05) is 39.3 Å². The van der Waals surface area contributed by atoms with Crippen LogP contribution in [-0.2, 0) is 9.47 Å². The van der Waals surface area contributed by atoms with Gasteiger partial charge in [0.25, 0.3) is 6.10 Å². The van der Waals surface area contributed by atoms with Crippen molar-refractivity contribution in [3.05, 3.63) is 35.9 Å². The van der Waals surface area contributed by atoms with E-state index in [1.165, 1.54) is 0 Å². The van der Waals surface area contributed by atoms with Gasteiger partial charge in [-0.1, -0.05) is 30.3 Å². The molecule has 2 heterocycles. The number of amides is 1. The Hall–Kier alpha value is -2.05. The van der Waals surface area contributed by atoms with Gasteiger partial charge in [0.1, 0.15) is 0 Å². The summed E-state index contributed by atoms with van der Waals surface area (Å²) in [4.78, 5) is 14.9. The fourth-order valence-corrected chi connectivity index (χ4v) is 3.78. The normalized spacial score (nSPS) is 22.4. The van der Waals surface area contributed by atoms with Crippen LogP contribution in [0, 0.1) is 0 Å². The van der Waals surface area contributed by atoms with Crippen molar-refractivity contribution < 1.29 is 40.6 Å². The van der Waals surface area contributed by atoms with E-state index in [2.05, 4.69) is 10.1 Å². The Balaban J connectivity index is 1.65. The van der Waals surface area contributed by atoms with Crippen molar-refractivity contribution in [2.45, 2.75) is 30.6 Å². The molecule has 2 aliphatic rings. The topological polar surface area (TPSA) is 54.0 Å². The number of morpholine rings is 1. The van der Waals surface area contributed by atoms with Gasteiger partial charge in [-0.15, -0.1) is 0 Å². The minimum absolute atomic E-state index is 0.0647. The van der Waals surface area contributed by atoms with Gasteiger partial charge in [0.2, 0.25) is 0 Å². The first-order valence-electron chi connectivity index (χ1n) is 9.77. The van der Waals surface area contributed by atoms with Crippen molar-refractivity contribution in [3.63, 3.8) is 0 Å². The number of hydrogen-bond donors (Lipinski definition) is 1. The molecule has 2 aliphatic heterocycles. The molecular weight excluding hydrogens is 432 g/mol. The summed E-state index contributed by atoms with van der Waals surface area (Å²) in [6.45, 7) is 2.21. The van der Waals surface area contributed by atoms with Crippen molar-refractivity contribution in [3.8, 4) is 0 Å². The number of hydrogen-bond acceptors (Lipinski definition) is 5. The molecule has 12 heteroatoms. The van der Waals surface area contributed by atoms with Gasteiger partial charge < -0.3 is 19.7 Å². The molecule has 0 aromatic heterocycles. The Kier molecular flexibility index (Phi) is 7.32. The molecule has 0 spiro atoms. The average molecular weight is 455 g/mol. The van der Waals surface area contributed by atoms with Gasteiger partial charge >= 0.3 is 18.4 Å². The molecule has 2 fully saturated rings. The summed E-state index contributed by atoms with van der Waals surface area (Å²) < 4.78 is 85.7. The Bertz CT molecular complexity index is 703. The summed E-state index contributed by atoms with van der Waals surface area (Å²) in [5, 5.41) is 3.25. The van der Waals surface area contributed by atoms with E-state index >= 15 is 0 Å². The molecular formula is C19H23F6N3O3. The molecule has 0 aliphatic carbocycles. The van der Waals surface area contributed by atoms with Gasteiger partial charge in [0.15, 0.2) is 0 Å². The highest BCUT2D eigenvalue weighted by Gasteiger charge is 2.60. The second-order valence-corrected chi connectivity index (χ2v) is 7.34. The molecule has 0 saturated carbocycles. The van der Waals surface area contributed by atoms with E-state index in [1.54, 1.807) is 0 Å². The third-order valence-electron chi connectivity index (χ3n) is 5.23. The fraction of sp³-hybridized carbons (Fsp3) is 0.632. The molecule has 31 heavy (non-hydrogen) atoms. The van der Waals surface area contributed by atoms with Crippen LogP contribution in [0.1, 0.15) is 11.6 Å². The minimum Gasteiger partial charge on any atom is -0.426 e. The summed E-state index contributed by atoms with van der Waals surface area (Å²) in [6, 6.07) is 9.30. The quantitative estimate of drug-likeness (QED) is 0.708. The van der Waals surface area contributed by atoms with Gasteiger partial charge in [-0.2, -0.15) is 26.3 Å². The SMILES string of the molecule is O=C(OC(C(F)(F)F)C(F)(F)F)N1CCN(C(c2ccccc2)C2CNCCO2)CC1. The van der Waals surface area contributed by atoms with Crippen LogP contribution in [-0.4, -0.2) is 86.3 Å². The highest BCUT2D eigenvalue weighted by molar-refractivity contribution is 5.68. The zero-order valence-corrected chi connectivity index (χ0v) is 16.5. The largest absolute Gasteiger partial charge is 0.434 e. The van der Waals surface area contributed by atoms with Crippen molar-refractivity contribution in [1.82, 2.24) is 15.1 Å². The average Bonchev–Trinajstić information content (AvgIpc) is 2.72. The van der Waals surface area contributed by atoms with E-state index < -0.39 is 24.5 Å². The number of nitrogens with zero attached hydrogens (tertiary/aromatic N) is 2. The molecule has 6 nitrogen and oxygen atoms in total. The van der Waals surface area contributed by atoms with Crippen LogP contribution >= 0.6 is 0 Å².